The van der Waals surface area contributed by atoms with Crippen LogP contribution >= 0.6 is 0 Å². The van der Waals surface area contributed by atoms with Gasteiger partial charge in [-0.15, -0.1) is 0 Å². The van der Waals surface area contributed by atoms with E-state index < -0.39 is 5.97 Å². The Balaban J connectivity index is -0.000000166. The number of rotatable bonds is 2. The Hall–Kier alpha value is -1.58. The number of esters is 2. The molecule has 0 aromatic heterocycles. The summed E-state index contributed by atoms with van der Waals surface area (Å²) >= 11 is 0. The second kappa shape index (κ2) is 14.9. The number of hydrogen-bond donors (Lipinski definition) is 0. The van der Waals surface area contributed by atoms with E-state index in [1.807, 2.05) is 0 Å². The molecule has 1 radical (unpaired) electrons. The van der Waals surface area contributed by atoms with Crippen molar-refractivity contribution in [2.75, 3.05) is 14.2 Å². The minimum Gasteiger partial charge on any atom is -0.466 e. The fourth-order valence-electron chi connectivity index (χ4n) is 0.258. The molecule has 0 heterocycles. The highest BCUT2D eigenvalue weighted by Gasteiger charge is 1.95. The standard InChI is InChI=1S/C5H8O2.C4H6O2.C2H5/c1-4(2)5(6)7-3;1-3-4(5)6-2;1-2/h1H2,2-3H3;3H,1H2,2H3;1H2,2H3. The highest BCUT2D eigenvalue weighted by atomic mass is 16.5. The Morgan fingerprint density at radius 1 is 1.13 bits per heavy atom. The number of carbonyl (C=O) groups excluding carboxylic acids is 2. The van der Waals surface area contributed by atoms with Crippen molar-refractivity contribution < 1.29 is 19.1 Å². The monoisotopic (exact) mass is 215 g/mol. The molecule has 0 aromatic carbocycles. The molecule has 87 valence electrons. The van der Waals surface area contributed by atoms with Crippen LogP contribution in [0.2, 0.25) is 0 Å². The fourth-order valence-corrected chi connectivity index (χ4v) is 0.258. The van der Waals surface area contributed by atoms with Gasteiger partial charge in [0.2, 0.25) is 0 Å². The Morgan fingerprint density at radius 2 is 1.53 bits per heavy atom. The van der Waals surface area contributed by atoms with Gasteiger partial charge in [-0.3, -0.25) is 0 Å². The molecule has 0 fully saturated rings. The normalized spacial score (nSPS) is 6.73. The first kappa shape index (κ1) is 19.1. The van der Waals surface area contributed by atoms with Crippen molar-refractivity contribution in [3.8, 4) is 0 Å². The van der Waals surface area contributed by atoms with E-state index in [2.05, 4.69) is 29.6 Å². The largest absolute Gasteiger partial charge is 0.466 e. The number of hydrogen-bond acceptors (Lipinski definition) is 4. The summed E-state index contributed by atoms with van der Waals surface area (Å²) in [7, 11) is 2.64. The summed E-state index contributed by atoms with van der Waals surface area (Å²) in [5, 5.41) is 0. The number of ether oxygens (including phenoxy) is 2. The first-order chi connectivity index (χ1) is 6.99. The van der Waals surface area contributed by atoms with Crippen LogP contribution in [0, 0.1) is 6.92 Å². The Kier molecular flexibility index (Phi) is 19.0. The van der Waals surface area contributed by atoms with Gasteiger partial charge in [-0.1, -0.05) is 27.0 Å². The summed E-state index contributed by atoms with van der Waals surface area (Å²) < 4.78 is 8.42. The molecule has 4 heteroatoms. The SMILES string of the molecule is C=C(C)C(=O)OC.C=CC(=O)OC.[CH2]C. The molecule has 0 atom stereocenters. The van der Waals surface area contributed by atoms with Crippen LogP contribution in [0.3, 0.4) is 0 Å². The lowest BCUT2D eigenvalue weighted by atomic mass is 10.4. The predicted molar refractivity (Wildman–Crippen MR) is 60.1 cm³/mol. The lowest BCUT2D eigenvalue weighted by Gasteiger charge is -1.91. The van der Waals surface area contributed by atoms with E-state index in [4.69, 9.17) is 0 Å². The van der Waals surface area contributed by atoms with Crippen LogP contribution in [-0.4, -0.2) is 26.2 Å². The molecule has 0 aliphatic carbocycles. The molecule has 0 aliphatic rings. The van der Waals surface area contributed by atoms with Gasteiger partial charge in [0, 0.05) is 11.6 Å². The second-order valence-corrected chi connectivity index (χ2v) is 2.00. The van der Waals surface area contributed by atoms with Crippen LogP contribution in [0.25, 0.3) is 0 Å². The summed E-state index contributed by atoms with van der Waals surface area (Å²) in [6.45, 7) is 13.1. The van der Waals surface area contributed by atoms with Crippen molar-refractivity contribution >= 4 is 11.9 Å². The third kappa shape index (κ3) is 19.0. The van der Waals surface area contributed by atoms with Crippen LogP contribution in [-0.2, 0) is 19.1 Å². The molecule has 0 amide bonds. The van der Waals surface area contributed by atoms with Crippen molar-refractivity contribution in [1.82, 2.24) is 0 Å². The third-order valence-electron chi connectivity index (χ3n) is 0.902. The molecular weight excluding hydrogens is 196 g/mol. The highest BCUT2D eigenvalue weighted by molar-refractivity contribution is 5.86. The minimum absolute atomic E-state index is 0.347. The Labute approximate surface area is 91.6 Å². The molecule has 0 bridgehead atoms. The van der Waals surface area contributed by atoms with E-state index in [0.29, 0.717) is 5.57 Å². The molecule has 15 heavy (non-hydrogen) atoms. The van der Waals surface area contributed by atoms with Crippen LogP contribution in [0.1, 0.15) is 13.8 Å². The maximum absolute atomic E-state index is 10.2. The van der Waals surface area contributed by atoms with Gasteiger partial charge in [0.1, 0.15) is 0 Å². The third-order valence-corrected chi connectivity index (χ3v) is 0.902. The first-order valence-electron chi connectivity index (χ1n) is 4.14. The van der Waals surface area contributed by atoms with Gasteiger partial charge in [0.25, 0.3) is 0 Å². The zero-order chi connectivity index (χ0) is 12.9. The first-order valence-corrected chi connectivity index (χ1v) is 4.14. The van der Waals surface area contributed by atoms with Crippen LogP contribution in [0.15, 0.2) is 24.8 Å². The molecule has 4 nitrogen and oxygen atoms in total. The summed E-state index contributed by atoms with van der Waals surface area (Å²) in [5.41, 5.74) is 0.433. The maximum Gasteiger partial charge on any atom is 0.332 e. The number of carbonyl (C=O) groups is 2. The average Bonchev–Trinajstić information content (AvgIpc) is 2.30. The average molecular weight is 215 g/mol. The molecule has 0 aromatic rings. The van der Waals surface area contributed by atoms with E-state index in [1.54, 1.807) is 13.8 Å². The second-order valence-electron chi connectivity index (χ2n) is 2.00. The van der Waals surface area contributed by atoms with Crippen LogP contribution in [0.5, 0.6) is 0 Å². The summed E-state index contributed by atoms with van der Waals surface area (Å²) in [4.78, 5) is 20.0. The molecule has 0 N–H and O–H groups in total. The molecule has 0 unspecified atom stereocenters. The number of methoxy groups -OCH3 is 2. The molecule has 0 saturated heterocycles. The van der Waals surface area contributed by atoms with Gasteiger partial charge < -0.3 is 9.47 Å². The Morgan fingerprint density at radius 3 is 1.53 bits per heavy atom. The van der Waals surface area contributed by atoms with Crippen LogP contribution in [0.4, 0.5) is 0 Å². The predicted octanol–water partition coefficient (Wildman–Crippen LogP) is 1.92. The van der Waals surface area contributed by atoms with Crippen molar-refractivity contribution in [2.24, 2.45) is 0 Å². The van der Waals surface area contributed by atoms with Crippen molar-refractivity contribution in [2.45, 2.75) is 13.8 Å². The quantitative estimate of drug-likeness (QED) is 0.521. The van der Waals surface area contributed by atoms with E-state index in [-0.39, 0.29) is 5.97 Å². The van der Waals surface area contributed by atoms with Crippen molar-refractivity contribution in [1.29, 1.82) is 0 Å². The Bertz CT molecular complexity index is 207. The minimum atomic E-state index is -0.394. The van der Waals surface area contributed by atoms with Crippen molar-refractivity contribution in [3.05, 3.63) is 31.7 Å². The molecule has 0 aliphatic heterocycles. The van der Waals surface area contributed by atoms with Gasteiger partial charge in [-0.25, -0.2) is 9.59 Å². The fraction of sp³-hybridized carbons (Fsp3) is 0.364. The molecular formula is C11H19O4. The summed E-state index contributed by atoms with van der Waals surface area (Å²) in [5.74, 6) is -0.741. The van der Waals surface area contributed by atoms with Gasteiger partial charge in [-0.05, 0) is 6.92 Å². The zero-order valence-corrected chi connectivity index (χ0v) is 9.83. The van der Waals surface area contributed by atoms with Crippen molar-refractivity contribution in [3.63, 3.8) is 0 Å². The maximum atomic E-state index is 10.2. The van der Waals surface area contributed by atoms with E-state index in [9.17, 15) is 9.59 Å². The molecule has 0 rings (SSSR count). The molecule has 0 spiro atoms. The highest BCUT2D eigenvalue weighted by Crippen LogP contribution is 1.87. The lowest BCUT2D eigenvalue weighted by molar-refractivity contribution is -0.136. The van der Waals surface area contributed by atoms with Gasteiger partial charge in [-0.2, -0.15) is 0 Å². The van der Waals surface area contributed by atoms with Gasteiger partial charge >= 0.3 is 11.9 Å². The van der Waals surface area contributed by atoms with Crippen LogP contribution < -0.4 is 0 Å². The van der Waals surface area contributed by atoms with E-state index in [1.165, 1.54) is 14.2 Å². The lowest BCUT2D eigenvalue weighted by Crippen LogP contribution is -1.98. The van der Waals surface area contributed by atoms with Gasteiger partial charge in [0.15, 0.2) is 0 Å². The van der Waals surface area contributed by atoms with E-state index >= 15 is 0 Å². The van der Waals surface area contributed by atoms with E-state index in [0.717, 1.165) is 6.08 Å². The summed E-state index contributed by atoms with van der Waals surface area (Å²) in [6, 6.07) is 0. The smallest absolute Gasteiger partial charge is 0.332 e. The topological polar surface area (TPSA) is 52.6 Å². The zero-order valence-electron chi connectivity index (χ0n) is 9.83. The summed E-state index contributed by atoms with van der Waals surface area (Å²) in [6.07, 6.45) is 1.11. The van der Waals surface area contributed by atoms with Gasteiger partial charge in [0.05, 0.1) is 14.2 Å². The molecule has 0 saturated carbocycles.